The number of nitrogens with zero attached hydrogens (tertiary/aromatic N) is 1. The highest BCUT2D eigenvalue weighted by Crippen LogP contribution is 2.39. The third-order valence-electron chi connectivity index (χ3n) is 4.22. The first-order valence-electron chi connectivity index (χ1n) is 7.06. The Bertz CT molecular complexity index is 678. The van der Waals surface area contributed by atoms with E-state index in [0.29, 0.717) is 6.42 Å². The molecular weight excluding hydrogens is 305 g/mol. The number of fused-ring (bicyclic) bond motifs is 1. The van der Waals surface area contributed by atoms with Crippen LogP contribution in [0.4, 0.5) is 4.39 Å². The highest BCUT2D eigenvalue weighted by Gasteiger charge is 2.29. The molecule has 0 saturated heterocycles. The summed E-state index contributed by atoms with van der Waals surface area (Å²) in [4.78, 5) is 4.40. The van der Waals surface area contributed by atoms with Crippen LogP contribution in [0.1, 0.15) is 40.8 Å². The fraction of sp³-hybridized carbons (Fsp3) is 0.353. The molecule has 1 N–H and O–H groups in total. The van der Waals surface area contributed by atoms with Crippen molar-refractivity contribution in [3.63, 3.8) is 0 Å². The largest absolute Gasteiger partial charge is 0.494 e. The first-order valence-corrected chi connectivity index (χ1v) is 7.06. The highest BCUT2D eigenvalue weighted by atomic mass is 35.5. The number of aryl methyl sites for hydroxylation is 1. The Morgan fingerprint density at radius 3 is 2.82 bits per heavy atom. The molecule has 3 nitrogen and oxygen atoms in total. The molecule has 1 aliphatic rings. The number of pyridine rings is 1. The number of aromatic nitrogens is 1. The zero-order valence-electron chi connectivity index (χ0n) is 12.5. The van der Waals surface area contributed by atoms with Crippen LogP contribution in [0.5, 0.6) is 5.75 Å². The van der Waals surface area contributed by atoms with Gasteiger partial charge in [0.2, 0.25) is 0 Å². The molecule has 3 rings (SSSR count). The number of ether oxygens (including phenoxy) is 1. The fourth-order valence-corrected chi connectivity index (χ4v) is 3.13. The molecule has 1 heterocycles. The van der Waals surface area contributed by atoms with Gasteiger partial charge in [-0.05, 0) is 55.0 Å². The molecule has 0 radical (unpaired) electrons. The lowest BCUT2D eigenvalue weighted by atomic mass is 9.79. The van der Waals surface area contributed by atoms with Gasteiger partial charge in [-0.3, -0.25) is 4.98 Å². The molecule has 22 heavy (non-hydrogen) atoms. The summed E-state index contributed by atoms with van der Waals surface area (Å²) in [6.45, 7) is 1.99. The van der Waals surface area contributed by atoms with E-state index < -0.39 is 6.10 Å². The van der Waals surface area contributed by atoms with Crippen LogP contribution in [-0.2, 0) is 6.42 Å². The maximum Gasteiger partial charge on any atom is 0.165 e. The Balaban J connectivity index is 0.00000176. The second-order valence-corrected chi connectivity index (χ2v) is 5.53. The van der Waals surface area contributed by atoms with Crippen molar-refractivity contribution < 1.29 is 14.2 Å². The van der Waals surface area contributed by atoms with Crippen LogP contribution in [0.25, 0.3) is 0 Å². The Kier molecular flexibility index (Phi) is 5.04. The monoisotopic (exact) mass is 323 g/mol. The molecule has 0 aliphatic heterocycles. The maximum atomic E-state index is 13.5. The molecule has 5 heteroatoms. The minimum absolute atomic E-state index is 0. The molecule has 1 aromatic carbocycles. The summed E-state index contributed by atoms with van der Waals surface area (Å²) in [5, 5.41) is 10.4. The van der Waals surface area contributed by atoms with Crippen molar-refractivity contribution in [2.45, 2.75) is 31.8 Å². The number of halogens is 2. The third-order valence-corrected chi connectivity index (χ3v) is 4.22. The van der Waals surface area contributed by atoms with Crippen LogP contribution in [0.2, 0.25) is 0 Å². The molecule has 2 unspecified atom stereocenters. The van der Waals surface area contributed by atoms with Gasteiger partial charge in [-0.25, -0.2) is 4.39 Å². The van der Waals surface area contributed by atoms with E-state index in [1.165, 1.54) is 13.2 Å². The average molecular weight is 324 g/mol. The summed E-state index contributed by atoms with van der Waals surface area (Å²) in [6, 6.07) is 6.81. The van der Waals surface area contributed by atoms with Crippen molar-refractivity contribution in [1.82, 2.24) is 4.98 Å². The van der Waals surface area contributed by atoms with Gasteiger partial charge in [-0.2, -0.15) is 0 Å². The average Bonchev–Trinajstić information content (AvgIpc) is 2.47. The van der Waals surface area contributed by atoms with E-state index in [2.05, 4.69) is 4.98 Å². The maximum absolute atomic E-state index is 13.5. The van der Waals surface area contributed by atoms with Gasteiger partial charge in [-0.1, -0.05) is 6.07 Å². The van der Waals surface area contributed by atoms with Gasteiger partial charge in [0.15, 0.2) is 11.6 Å². The second-order valence-electron chi connectivity index (χ2n) is 5.53. The number of hydrogen-bond acceptors (Lipinski definition) is 3. The summed E-state index contributed by atoms with van der Waals surface area (Å²) < 4.78 is 18.6. The van der Waals surface area contributed by atoms with Crippen LogP contribution >= 0.6 is 12.4 Å². The van der Waals surface area contributed by atoms with Crippen molar-refractivity contribution in [3.05, 3.63) is 58.7 Å². The molecule has 1 aliphatic carbocycles. The fourth-order valence-electron chi connectivity index (χ4n) is 3.13. The number of methoxy groups -OCH3 is 1. The van der Waals surface area contributed by atoms with E-state index in [0.717, 1.165) is 28.8 Å². The normalized spacial score (nSPS) is 20.0. The summed E-state index contributed by atoms with van der Waals surface area (Å²) in [6.07, 6.45) is 2.62. The predicted octanol–water partition coefficient (Wildman–Crippen LogP) is 3.72. The van der Waals surface area contributed by atoms with E-state index in [1.54, 1.807) is 18.3 Å². The predicted molar refractivity (Wildman–Crippen MR) is 85.2 cm³/mol. The quantitative estimate of drug-likeness (QED) is 0.915. The Labute approximate surface area is 135 Å². The molecule has 0 spiro atoms. The van der Waals surface area contributed by atoms with Crippen LogP contribution in [0, 0.1) is 12.7 Å². The van der Waals surface area contributed by atoms with Crippen molar-refractivity contribution in [2.75, 3.05) is 7.11 Å². The van der Waals surface area contributed by atoms with E-state index >= 15 is 0 Å². The lowest BCUT2D eigenvalue weighted by molar-refractivity contribution is 0.145. The summed E-state index contributed by atoms with van der Waals surface area (Å²) in [7, 11) is 1.46. The Morgan fingerprint density at radius 1 is 1.32 bits per heavy atom. The Hall–Kier alpha value is -1.65. The number of aliphatic hydroxyl groups excluding tert-OH is 1. The van der Waals surface area contributed by atoms with E-state index in [1.807, 2.05) is 13.0 Å². The second kappa shape index (κ2) is 6.63. The zero-order chi connectivity index (χ0) is 15.0. The van der Waals surface area contributed by atoms with Gasteiger partial charge in [0.05, 0.1) is 13.2 Å². The molecule has 0 fully saturated rings. The van der Waals surface area contributed by atoms with Crippen molar-refractivity contribution >= 4 is 12.4 Å². The van der Waals surface area contributed by atoms with Crippen LogP contribution in [0.15, 0.2) is 30.5 Å². The Morgan fingerprint density at radius 2 is 2.09 bits per heavy atom. The molecule has 0 bridgehead atoms. The summed E-state index contributed by atoms with van der Waals surface area (Å²) in [5.41, 5.74) is 3.92. The first kappa shape index (κ1) is 16.7. The molecular formula is C17H19ClFNO2. The zero-order valence-corrected chi connectivity index (χ0v) is 13.4. The molecule has 0 amide bonds. The number of aliphatic hydroxyl groups is 1. The van der Waals surface area contributed by atoms with Gasteiger partial charge >= 0.3 is 0 Å². The van der Waals surface area contributed by atoms with Gasteiger partial charge in [0, 0.05) is 17.5 Å². The molecule has 0 saturated carbocycles. The SMILES string of the molecule is COc1cc(C2Cc3nccc(C)c3C(O)C2)ccc1F.Cl. The minimum Gasteiger partial charge on any atom is -0.494 e. The first-order chi connectivity index (χ1) is 10.1. The minimum atomic E-state index is -0.525. The standard InChI is InChI=1S/C17H18FNO2.ClH/c1-10-5-6-19-14-7-12(8-15(20)17(10)14)11-3-4-13(18)16(9-11)21-2;/h3-6,9,12,15,20H,7-8H2,1-2H3;1H. The van der Waals surface area contributed by atoms with Gasteiger partial charge in [-0.15, -0.1) is 12.4 Å². The van der Waals surface area contributed by atoms with Crippen molar-refractivity contribution in [3.8, 4) is 5.75 Å². The third kappa shape index (κ3) is 2.94. The number of rotatable bonds is 2. The van der Waals surface area contributed by atoms with E-state index in [-0.39, 0.29) is 29.9 Å². The van der Waals surface area contributed by atoms with Crippen LogP contribution < -0.4 is 4.74 Å². The van der Waals surface area contributed by atoms with E-state index in [4.69, 9.17) is 4.74 Å². The van der Waals surface area contributed by atoms with Gasteiger partial charge in [0.1, 0.15) is 0 Å². The summed E-state index contributed by atoms with van der Waals surface area (Å²) >= 11 is 0. The van der Waals surface area contributed by atoms with Crippen molar-refractivity contribution in [1.29, 1.82) is 0 Å². The summed E-state index contributed by atoms with van der Waals surface area (Å²) in [5.74, 6) is -0.00624. The highest BCUT2D eigenvalue weighted by molar-refractivity contribution is 5.85. The molecule has 2 aromatic rings. The topological polar surface area (TPSA) is 42.4 Å². The smallest absolute Gasteiger partial charge is 0.165 e. The number of benzene rings is 1. The van der Waals surface area contributed by atoms with Crippen molar-refractivity contribution in [2.24, 2.45) is 0 Å². The van der Waals surface area contributed by atoms with E-state index in [9.17, 15) is 9.50 Å². The van der Waals surface area contributed by atoms with Crippen LogP contribution in [0.3, 0.4) is 0 Å². The molecule has 2 atom stereocenters. The molecule has 118 valence electrons. The van der Waals surface area contributed by atoms with Gasteiger partial charge in [0.25, 0.3) is 0 Å². The molecule has 1 aromatic heterocycles. The lowest BCUT2D eigenvalue weighted by Gasteiger charge is -2.29. The lowest BCUT2D eigenvalue weighted by Crippen LogP contribution is -2.19. The van der Waals surface area contributed by atoms with Gasteiger partial charge < -0.3 is 9.84 Å². The van der Waals surface area contributed by atoms with Crippen LogP contribution in [-0.4, -0.2) is 17.2 Å². The number of hydrogen-bond donors (Lipinski definition) is 1.